The average molecular weight is 573 g/mol. The molecule has 2 aromatic rings. The summed E-state index contributed by atoms with van der Waals surface area (Å²) >= 11 is 1.53. The van der Waals surface area contributed by atoms with Crippen LogP contribution < -0.4 is 4.90 Å². The molecular formula is C33H36N2O5S. The second kappa shape index (κ2) is 11.1. The molecule has 0 aromatic heterocycles. The third-order valence-corrected chi connectivity index (χ3v) is 10.7. The number of amides is 2. The van der Waals surface area contributed by atoms with Crippen LogP contribution in [-0.2, 0) is 25.5 Å². The van der Waals surface area contributed by atoms with Gasteiger partial charge in [0, 0.05) is 17.5 Å². The number of likely N-dealkylation sites (tertiary alicyclic amines) is 1. The number of ether oxygens (including phenoxy) is 1. The van der Waals surface area contributed by atoms with Crippen LogP contribution in [0, 0.1) is 25.7 Å². The zero-order valence-corrected chi connectivity index (χ0v) is 24.3. The Morgan fingerprint density at radius 1 is 1.02 bits per heavy atom. The van der Waals surface area contributed by atoms with Crippen molar-refractivity contribution in [3.05, 3.63) is 89.5 Å². The Labute approximate surface area is 245 Å². The summed E-state index contributed by atoms with van der Waals surface area (Å²) < 4.78 is 4.70. The number of rotatable bonds is 5. The van der Waals surface area contributed by atoms with Gasteiger partial charge in [0.25, 0.3) is 5.91 Å². The molecule has 1 spiro atoms. The third-order valence-electron chi connectivity index (χ3n) is 8.92. The molecule has 1 N–H and O–H groups in total. The van der Waals surface area contributed by atoms with Gasteiger partial charge in [0.2, 0.25) is 5.91 Å². The highest BCUT2D eigenvalue weighted by Gasteiger charge is 2.71. The summed E-state index contributed by atoms with van der Waals surface area (Å²) in [5.74, 6) is -2.33. The van der Waals surface area contributed by atoms with E-state index in [-0.39, 0.29) is 29.6 Å². The van der Waals surface area contributed by atoms with Crippen molar-refractivity contribution < 1.29 is 24.2 Å². The van der Waals surface area contributed by atoms with Crippen molar-refractivity contribution in [2.24, 2.45) is 11.8 Å². The number of hydrogen-bond acceptors (Lipinski definition) is 6. The van der Waals surface area contributed by atoms with E-state index in [1.807, 2.05) is 80.6 Å². The van der Waals surface area contributed by atoms with Crippen molar-refractivity contribution in [2.45, 2.75) is 55.2 Å². The number of anilines is 1. The minimum atomic E-state index is -0.971. The minimum Gasteiger partial charge on any atom is -0.465 e. The van der Waals surface area contributed by atoms with Crippen LogP contribution in [0.1, 0.15) is 29.5 Å². The number of benzene rings is 2. The molecule has 4 aliphatic rings. The zero-order chi connectivity index (χ0) is 28.7. The molecule has 4 heterocycles. The Morgan fingerprint density at radius 3 is 2.51 bits per heavy atom. The monoisotopic (exact) mass is 572 g/mol. The number of carbonyl (C=O) groups is 3. The van der Waals surface area contributed by atoms with Crippen LogP contribution in [0.4, 0.5) is 5.69 Å². The number of thioether (sulfide) groups is 1. The third kappa shape index (κ3) is 4.61. The highest BCUT2D eigenvalue weighted by atomic mass is 32.2. The largest absolute Gasteiger partial charge is 0.465 e. The van der Waals surface area contributed by atoms with Crippen molar-refractivity contribution in [2.75, 3.05) is 24.7 Å². The molecule has 0 radical (unpaired) electrons. The molecule has 41 heavy (non-hydrogen) atoms. The molecule has 6 atom stereocenters. The Morgan fingerprint density at radius 2 is 1.78 bits per heavy atom. The summed E-state index contributed by atoms with van der Waals surface area (Å²) in [6.45, 7) is 4.34. The molecule has 8 heteroatoms. The van der Waals surface area contributed by atoms with E-state index < -0.39 is 28.7 Å². The molecule has 2 amide bonds. The van der Waals surface area contributed by atoms with E-state index in [9.17, 15) is 19.5 Å². The van der Waals surface area contributed by atoms with Crippen LogP contribution in [0.2, 0.25) is 0 Å². The number of hydrogen-bond donors (Lipinski definition) is 1. The van der Waals surface area contributed by atoms with Gasteiger partial charge in [-0.15, -0.1) is 11.8 Å². The predicted octanol–water partition coefficient (Wildman–Crippen LogP) is 4.00. The first-order chi connectivity index (χ1) is 19.9. The molecule has 4 aliphatic heterocycles. The second-order valence-electron chi connectivity index (χ2n) is 11.4. The maximum absolute atomic E-state index is 14.8. The first-order valence-electron chi connectivity index (χ1n) is 14.4. The Kier molecular flexibility index (Phi) is 7.55. The number of aryl methyl sites for hydroxylation is 2. The molecule has 7 nitrogen and oxygen atoms in total. The number of allylic oxidation sites excluding steroid dienone is 1. The van der Waals surface area contributed by atoms with Gasteiger partial charge < -0.3 is 19.6 Å². The lowest BCUT2D eigenvalue weighted by molar-refractivity contribution is -0.153. The first kappa shape index (κ1) is 27.8. The van der Waals surface area contributed by atoms with Gasteiger partial charge in [-0.2, -0.15) is 0 Å². The van der Waals surface area contributed by atoms with Gasteiger partial charge in [0.1, 0.15) is 6.04 Å². The van der Waals surface area contributed by atoms with E-state index in [2.05, 4.69) is 6.08 Å². The molecule has 6 rings (SSSR count). The fourth-order valence-electron chi connectivity index (χ4n) is 7.16. The lowest BCUT2D eigenvalue weighted by atomic mass is 9.78. The summed E-state index contributed by atoms with van der Waals surface area (Å²) in [6, 6.07) is 14.1. The van der Waals surface area contributed by atoms with Gasteiger partial charge in [-0.05, 0) is 49.8 Å². The van der Waals surface area contributed by atoms with Crippen LogP contribution in [-0.4, -0.2) is 69.6 Å². The van der Waals surface area contributed by atoms with Gasteiger partial charge in [0.15, 0.2) is 0 Å². The van der Waals surface area contributed by atoms with E-state index in [0.29, 0.717) is 19.6 Å². The van der Waals surface area contributed by atoms with Crippen LogP contribution in [0.25, 0.3) is 0 Å². The highest BCUT2D eigenvalue weighted by molar-refractivity contribution is 8.02. The minimum absolute atomic E-state index is 0.189. The summed E-state index contributed by atoms with van der Waals surface area (Å²) in [4.78, 5) is 46.4. The number of carbonyl (C=O) groups excluding carboxylic acids is 3. The van der Waals surface area contributed by atoms with Crippen LogP contribution in [0.15, 0.2) is 72.8 Å². The molecule has 2 saturated heterocycles. The maximum Gasteiger partial charge on any atom is 0.311 e. The van der Waals surface area contributed by atoms with Crippen molar-refractivity contribution >= 4 is 35.2 Å². The van der Waals surface area contributed by atoms with E-state index in [1.165, 1.54) is 11.8 Å². The molecule has 214 valence electrons. The number of fused-ring (bicyclic) bond motifs is 2. The number of para-hydroxylation sites is 1. The van der Waals surface area contributed by atoms with Crippen molar-refractivity contribution in [3.63, 3.8) is 0 Å². The predicted molar refractivity (Wildman–Crippen MR) is 159 cm³/mol. The molecule has 0 saturated carbocycles. The van der Waals surface area contributed by atoms with Gasteiger partial charge in [-0.1, -0.05) is 72.8 Å². The first-order valence-corrected chi connectivity index (χ1v) is 15.3. The van der Waals surface area contributed by atoms with E-state index in [0.717, 1.165) is 35.2 Å². The average Bonchev–Trinajstić information content (AvgIpc) is 3.38. The molecule has 0 bridgehead atoms. The number of cyclic esters (lactones) is 1. The lowest BCUT2D eigenvalue weighted by Crippen LogP contribution is -2.57. The van der Waals surface area contributed by atoms with E-state index in [4.69, 9.17) is 4.74 Å². The van der Waals surface area contributed by atoms with Gasteiger partial charge in [-0.3, -0.25) is 14.4 Å². The van der Waals surface area contributed by atoms with Gasteiger partial charge >= 0.3 is 5.97 Å². The molecular weight excluding hydrogens is 536 g/mol. The molecule has 1 unspecified atom stereocenters. The van der Waals surface area contributed by atoms with Gasteiger partial charge in [0.05, 0.1) is 35.8 Å². The number of aliphatic hydroxyl groups excluding tert-OH is 1. The van der Waals surface area contributed by atoms with E-state index >= 15 is 0 Å². The molecule has 0 aliphatic carbocycles. The second-order valence-corrected chi connectivity index (χ2v) is 12.9. The molecule has 2 fully saturated rings. The highest BCUT2D eigenvalue weighted by Crippen LogP contribution is 2.61. The fourth-order valence-corrected chi connectivity index (χ4v) is 9.14. The number of aliphatic hydroxyl groups is 1. The summed E-state index contributed by atoms with van der Waals surface area (Å²) in [5, 5.41) is 10.4. The van der Waals surface area contributed by atoms with Crippen molar-refractivity contribution in [3.8, 4) is 0 Å². The number of nitrogens with zero attached hydrogens (tertiary/aromatic N) is 2. The quantitative estimate of drug-likeness (QED) is 0.431. The Balaban J connectivity index is 1.50. The summed E-state index contributed by atoms with van der Waals surface area (Å²) in [5.41, 5.74) is 3.75. The zero-order valence-electron chi connectivity index (χ0n) is 23.4. The normalized spacial score (nSPS) is 30.9. The van der Waals surface area contributed by atoms with Crippen molar-refractivity contribution in [1.29, 1.82) is 0 Å². The lowest BCUT2D eigenvalue weighted by Gasteiger charge is -2.39. The van der Waals surface area contributed by atoms with Crippen LogP contribution in [0.5, 0.6) is 0 Å². The van der Waals surface area contributed by atoms with Crippen LogP contribution >= 0.6 is 11.8 Å². The van der Waals surface area contributed by atoms with Crippen molar-refractivity contribution in [1.82, 2.24) is 4.90 Å². The summed E-state index contributed by atoms with van der Waals surface area (Å²) in [6.07, 6.45) is 10.0. The van der Waals surface area contributed by atoms with Crippen LogP contribution in [0.3, 0.4) is 0 Å². The summed E-state index contributed by atoms with van der Waals surface area (Å²) in [7, 11) is 0. The molecule has 2 aromatic carbocycles. The number of esters is 1. The SMILES string of the molecule is Cc1cccc(C)c1N1CC=C[C@]23S[C@@H]4/C=C\CCCOC(=O)[C@@H]4[C@H]2C(=O)N([C@@H](CO)Cc2ccccc2)C3C1=O. The fraction of sp³-hybridized carbons (Fsp3) is 0.424. The Bertz CT molecular complexity index is 1390. The topological polar surface area (TPSA) is 87.2 Å². The van der Waals surface area contributed by atoms with Gasteiger partial charge in [-0.25, -0.2) is 0 Å². The smallest absolute Gasteiger partial charge is 0.311 e. The standard InChI is InChI=1S/C33H36N2O5S/c1-21-11-9-12-22(2)28(21)34-17-10-16-33-27(26-25(41-33)15-7-4-8-18-40-32(26)39)30(37)35(29(33)31(34)38)24(20-36)19-23-13-5-3-6-14-23/h3,5-7,9-16,24-27,29,36H,4,8,17-20H2,1-2H3/b15-7-/t24-,25-,26+,27+,29?,33+/m1/s1. The maximum atomic E-state index is 14.8. The van der Waals surface area contributed by atoms with E-state index in [1.54, 1.807) is 9.80 Å². The Hall–Kier alpha value is -3.36.